The zero-order valence-corrected chi connectivity index (χ0v) is 23.5. The maximum atomic E-state index is 13.2. The lowest BCUT2D eigenvalue weighted by Gasteiger charge is -2.26. The third-order valence-corrected chi connectivity index (χ3v) is 5.93. The van der Waals surface area contributed by atoms with E-state index in [1.807, 2.05) is 44.2 Å². The van der Waals surface area contributed by atoms with Crippen LogP contribution in [0.1, 0.15) is 53.5 Å². The van der Waals surface area contributed by atoms with Crippen molar-refractivity contribution < 1.29 is 28.7 Å². The number of likely N-dealkylation sites (N-methyl/N-ethyl adjacent to an activating group) is 1. The van der Waals surface area contributed by atoms with Crippen LogP contribution >= 0.6 is 11.8 Å². The number of carbonyl (C=O) groups excluding carboxylic acids is 5. The highest BCUT2D eigenvalue weighted by molar-refractivity contribution is 8.14. The number of hydrogen-bond donors (Lipinski definition) is 4. The maximum absolute atomic E-state index is 13.2. The van der Waals surface area contributed by atoms with Gasteiger partial charge in [0.15, 0.2) is 5.12 Å². The lowest BCUT2D eigenvalue weighted by molar-refractivity contribution is -0.132. The summed E-state index contributed by atoms with van der Waals surface area (Å²) in [5.74, 6) is -1.42. The molecule has 11 heteroatoms. The van der Waals surface area contributed by atoms with Crippen LogP contribution < -0.4 is 21.3 Å². The van der Waals surface area contributed by atoms with Gasteiger partial charge >= 0.3 is 6.09 Å². The molecule has 4 N–H and O–H groups in total. The van der Waals surface area contributed by atoms with Crippen molar-refractivity contribution in [1.82, 2.24) is 21.3 Å². The monoisotopic (exact) mass is 536 g/mol. The molecule has 0 fully saturated rings. The minimum Gasteiger partial charge on any atom is -0.444 e. The molecule has 0 radical (unpaired) electrons. The first-order chi connectivity index (χ1) is 17.2. The molecule has 0 aromatic heterocycles. The van der Waals surface area contributed by atoms with Crippen LogP contribution in [0.5, 0.6) is 0 Å². The van der Waals surface area contributed by atoms with E-state index in [0.29, 0.717) is 6.42 Å². The quantitative estimate of drug-likeness (QED) is 0.321. The van der Waals surface area contributed by atoms with E-state index in [1.165, 1.54) is 14.0 Å². The summed E-state index contributed by atoms with van der Waals surface area (Å²) in [6.07, 6.45) is -0.141. The van der Waals surface area contributed by atoms with Crippen LogP contribution in [0.25, 0.3) is 0 Å². The molecule has 0 saturated carbocycles. The number of thioether (sulfide) groups is 1. The number of nitrogens with one attached hydrogen (secondary N) is 4. The Hall–Kier alpha value is -3.08. The van der Waals surface area contributed by atoms with Gasteiger partial charge in [0, 0.05) is 26.9 Å². The highest BCUT2D eigenvalue weighted by Gasteiger charge is 2.31. The normalized spacial score (nSPS) is 13.6. The number of rotatable bonds is 12. The van der Waals surface area contributed by atoms with E-state index in [9.17, 15) is 24.0 Å². The third kappa shape index (κ3) is 13.2. The zero-order chi connectivity index (χ0) is 28.2. The molecule has 37 heavy (non-hydrogen) atoms. The average molecular weight is 537 g/mol. The Morgan fingerprint density at radius 2 is 1.51 bits per heavy atom. The molecule has 1 unspecified atom stereocenters. The first kappa shape index (κ1) is 31.9. The Bertz CT molecular complexity index is 933. The minimum atomic E-state index is -0.980. The summed E-state index contributed by atoms with van der Waals surface area (Å²) < 4.78 is 5.19. The predicted octanol–water partition coefficient (Wildman–Crippen LogP) is 2.16. The number of hydrogen-bond acceptors (Lipinski definition) is 7. The van der Waals surface area contributed by atoms with Crippen LogP contribution in [0.4, 0.5) is 4.79 Å². The molecule has 0 aliphatic heterocycles. The number of benzene rings is 1. The molecule has 1 aromatic carbocycles. The predicted molar refractivity (Wildman–Crippen MR) is 144 cm³/mol. The summed E-state index contributed by atoms with van der Waals surface area (Å²) in [7, 11) is 1.49. The number of ether oxygens (including phenoxy) is 1. The van der Waals surface area contributed by atoms with E-state index in [0.717, 1.165) is 17.3 Å². The third-order valence-electron chi connectivity index (χ3n) is 4.93. The van der Waals surface area contributed by atoms with E-state index in [-0.39, 0.29) is 29.9 Å². The topological polar surface area (TPSA) is 143 Å². The molecule has 0 aliphatic rings. The van der Waals surface area contributed by atoms with Crippen molar-refractivity contribution in [2.24, 2.45) is 5.92 Å². The molecule has 1 aromatic rings. The van der Waals surface area contributed by atoms with E-state index in [1.54, 1.807) is 20.8 Å². The van der Waals surface area contributed by atoms with Gasteiger partial charge in [-0.1, -0.05) is 55.9 Å². The Balaban J connectivity index is 2.99. The molecular formula is C26H40N4O6S. The lowest BCUT2D eigenvalue weighted by Crippen LogP contribution is -2.56. The van der Waals surface area contributed by atoms with Crippen molar-refractivity contribution in [2.45, 2.75) is 77.3 Å². The van der Waals surface area contributed by atoms with Crippen LogP contribution in [0.2, 0.25) is 0 Å². The van der Waals surface area contributed by atoms with Gasteiger partial charge in [0.2, 0.25) is 17.7 Å². The van der Waals surface area contributed by atoms with Gasteiger partial charge in [-0.3, -0.25) is 19.2 Å². The summed E-state index contributed by atoms with van der Waals surface area (Å²) in [5.41, 5.74) is 0.142. The Labute approximate surface area is 223 Å². The second-order valence-corrected chi connectivity index (χ2v) is 11.4. The van der Waals surface area contributed by atoms with Gasteiger partial charge in [-0.05, 0) is 38.7 Å². The molecule has 10 nitrogen and oxygen atoms in total. The molecule has 0 heterocycles. The van der Waals surface area contributed by atoms with E-state index < -0.39 is 40.8 Å². The fourth-order valence-corrected chi connectivity index (χ4v) is 4.09. The van der Waals surface area contributed by atoms with Crippen molar-refractivity contribution >= 4 is 40.7 Å². The minimum absolute atomic E-state index is 0.0439. The van der Waals surface area contributed by atoms with Crippen molar-refractivity contribution in [1.29, 1.82) is 0 Å². The van der Waals surface area contributed by atoms with Gasteiger partial charge in [0.1, 0.15) is 22.9 Å². The van der Waals surface area contributed by atoms with Gasteiger partial charge in [-0.2, -0.15) is 0 Å². The molecule has 0 saturated heterocycles. The Morgan fingerprint density at radius 1 is 0.919 bits per heavy atom. The van der Waals surface area contributed by atoms with Gasteiger partial charge < -0.3 is 26.0 Å². The fourth-order valence-electron chi connectivity index (χ4n) is 3.35. The summed E-state index contributed by atoms with van der Waals surface area (Å²) in [6.45, 7) is 10.1. The molecule has 0 aliphatic carbocycles. The molecular weight excluding hydrogens is 496 g/mol. The van der Waals surface area contributed by atoms with Gasteiger partial charge in [0.25, 0.3) is 0 Å². The molecule has 4 amide bonds. The van der Waals surface area contributed by atoms with E-state index in [4.69, 9.17) is 4.74 Å². The lowest BCUT2D eigenvalue weighted by atomic mass is 10.0. The van der Waals surface area contributed by atoms with Gasteiger partial charge in [-0.25, -0.2) is 4.79 Å². The number of amides is 4. The molecule has 3 atom stereocenters. The second kappa shape index (κ2) is 15.2. The van der Waals surface area contributed by atoms with Crippen molar-refractivity contribution in [2.75, 3.05) is 13.6 Å². The summed E-state index contributed by atoms with van der Waals surface area (Å²) in [6, 6.07) is 7.47. The SMILES string of the molecule is CNC(=O)[C@H](Cc1ccccc1)NC(=O)[C@H](CC(C)C)NC(=O)C(CNC(=O)OC(C)(C)C)SC(C)=O. The van der Waals surface area contributed by atoms with Crippen LogP contribution in [0.3, 0.4) is 0 Å². The highest BCUT2D eigenvalue weighted by atomic mass is 32.2. The van der Waals surface area contributed by atoms with Crippen molar-refractivity contribution in [3.05, 3.63) is 35.9 Å². The Morgan fingerprint density at radius 3 is 2.03 bits per heavy atom. The number of alkyl carbamates (subject to hydrolysis) is 1. The maximum Gasteiger partial charge on any atom is 0.407 e. The molecule has 0 bridgehead atoms. The Kier molecular flexibility index (Phi) is 13.2. The summed E-state index contributed by atoms with van der Waals surface area (Å²) in [5, 5.41) is 9.22. The van der Waals surface area contributed by atoms with E-state index >= 15 is 0 Å². The zero-order valence-electron chi connectivity index (χ0n) is 22.7. The highest BCUT2D eigenvalue weighted by Crippen LogP contribution is 2.15. The van der Waals surface area contributed by atoms with Gasteiger partial charge in [-0.15, -0.1) is 0 Å². The first-order valence-corrected chi connectivity index (χ1v) is 13.1. The molecule has 206 valence electrons. The van der Waals surface area contributed by atoms with E-state index in [2.05, 4.69) is 21.3 Å². The smallest absolute Gasteiger partial charge is 0.407 e. The van der Waals surface area contributed by atoms with Crippen LogP contribution in [0.15, 0.2) is 30.3 Å². The number of carbonyl (C=O) groups is 5. The fraction of sp³-hybridized carbons (Fsp3) is 0.577. The average Bonchev–Trinajstić information content (AvgIpc) is 2.79. The summed E-state index contributed by atoms with van der Waals surface area (Å²) >= 11 is 0.747. The van der Waals surface area contributed by atoms with Crippen LogP contribution in [0, 0.1) is 5.92 Å². The second-order valence-electron chi connectivity index (χ2n) is 10.0. The van der Waals surface area contributed by atoms with Crippen molar-refractivity contribution in [3.8, 4) is 0 Å². The first-order valence-electron chi connectivity index (χ1n) is 12.2. The van der Waals surface area contributed by atoms with Crippen LogP contribution in [-0.4, -0.2) is 65.5 Å². The summed E-state index contributed by atoms with van der Waals surface area (Å²) in [4.78, 5) is 62.6. The largest absolute Gasteiger partial charge is 0.444 e. The molecule has 0 spiro atoms. The molecule has 1 rings (SSSR count). The standard InChI is InChI=1S/C26H40N4O6S/c1-16(2)13-19(23(33)29-20(22(32)27-7)14-18-11-9-8-10-12-18)30-24(34)21(37-17(3)31)15-28-25(35)36-26(4,5)6/h8-12,16,19-21H,13-15H2,1-7H3,(H,27,32)(H,28,35)(H,29,33)(H,30,34)/t19-,20-,21?/m0/s1. The van der Waals surface area contributed by atoms with Gasteiger partial charge in [0.05, 0.1) is 0 Å². The van der Waals surface area contributed by atoms with Crippen LogP contribution in [-0.2, 0) is 30.3 Å². The van der Waals surface area contributed by atoms with Crippen molar-refractivity contribution in [3.63, 3.8) is 0 Å².